The van der Waals surface area contributed by atoms with Crippen LogP contribution in [-0.2, 0) is 6.54 Å². The minimum absolute atomic E-state index is 0.0555. The lowest BCUT2D eigenvalue weighted by molar-refractivity contribution is 0.156. The maximum Gasteiger partial charge on any atom is 0.0558 e. The number of aliphatic hydroxyl groups excluding tert-OH is 2. The molecule has 0 aliphatic rings. The molecule has 90 valence electrons. The third kappa shape index (κ3) is 3.98. The van der Waals surface area contributed by atoms with E-state index in [-0.39, 0.29) is 13.2 Å². The summed E-state index contributed by atoms with van der Waals surface area (Å²) in [6.07, 6.45) is 0. The quantitative estimate of drug-likeness (QED) is 0.645. The third-order valence-electron chi connectivity index (χ3n) is 2.30. The van der Waals surface area contributed by atoms with Crippen LogP contribution in [0, 0.1) is 0 Å². The van der Waals surface area contributed by atoms with E-state index in [4.69, 9.17) is 27.5 Å². The predicted molar refractivity (Wildman–Crippen MR) is 65.3 cm³/mol. The summed E-state index contributed by atoms with van der Waals surface area (Å²) in [7, 11) is 0. The van der Waals surface area contributed by atoms with Crippen molar-refractivity contribution in [3.63, 3.8) is 0 Å². The van der Waals surface area contributed by atoms with Crippen LogP contribution in [-0.4, -0.2) is 41.4 Å². The maximum absolute atomic E-state index is 8.88. The van der Waals surface area contributed by atoms with Crippen molar-refractivity contribution in [2.75, 3.05) is 32.0 Å². The van der Waals surface area contributed by atoms with Gasteiger partial charge in [-0.05, 0) is 23.8 Å². The largest absolute Gasteiger partial charge is 0.399 e. The number of aliphatic hydroxyl groups is 2. The molecule has 1 aromatic rings. The van der Waals surface area contributed by atoms with Gasteiger partial charge in [0.25, 0.3) is 0 Å². The molecule has 0 fully saturated rings. The van der Waals surface area contributed by atoms with Gasteiger partial charge in [0.1, 0.15) is 0 Å². The third-order valence-corrected chi connectivity index (χ3v) is 2.66. The molecule has 0 bridgehead atoms. The Kier molecular flexibility index (Phi) is 5.55. The summed E-state index contributed by atoms with van der Waals surface area (Å²) in [6, 6.07) is 5.31. The van der Waals surface area contributed by atoms with Crippen LogP contribution in [0.15, 0.2) is 18.2 Å². The molecule has 0 aromatic heterocycles. The molecule has 0 atom stereocenters. The van der Waals surface area contributed by atoms with E-state index in [1.807, 2.05) is 11.0 Å². The minimum Gasteiger partial charge on any atom is -0.399 e. The Bertz CT molecular complexity index is 328. The smallest absolute Gasteiger partial charge is 0.0558 e. The van der Waals surface area contributed by atoms with E-state index in [1.54, 1.807) is 12.1 Å². The summed E-state index contributed by atoms with van der Waals surface area (Å²) in [5.74, 6) is 0. The molecule has 1 rings (SSSR count). The Balaban J connectivity index is 2.71. The van der Waals surface area contributed by atoms with Crippen LogP contribution in [0.5, 0.6) is 0 Å². The molecule has 4 N–H and O–H groups in total. The van der Waals surface area contributed by atoms with Gasteiger partial charge in [-0.2, -0.15) is 0 Å². The van der Waals surface area contributed by atoms with Gasteiger partial charge in [0.2, 0.25) is 0 Å². The fourth-order valence-corrected chi connectivity index (χ4v) is 1.69. The molecular weight excluding hydrogens is 228 g/mol. The van der Waals surface area contributed by atoms with Gasteiger partial charge in [0, 0.05) is 30.3 Å². The predicted octanol–water partition coefficient (Wildman–Crippen LogP) is 0.709. The van der Waals surface area contributed by atoms with Crippen LogP contribution in [0.25, 0.3) is 0 Å². The first-order chi connectivity index (χ1) is 7.67. The summed E-state index contributed by atoms with van der Waals surface area (Å²) >= 11 is 6.03. The average Bonchev–Trinajstić information content (AvgIpc) is 2.24. The zero-order chi connectivity index (χ0) is 12.0. The molecule has 5 heteroatoms. The van der Waals surface area contributed by atoms with Crippen LogP contribution in [0.4, 0.5) is 5.69 Å². The summed E-state index contributed by atoms with van der Waals surface area (Å²) in [6.45, 7) is 1.70. The monoisotopic (exact) mass is 244 g/mol. The summed E-state index contributed by atoms with van der Waals surface area (Å²) in [5, 5.41) is 18.4. The van der Waals surface area contributed by atoms with E-state index in [9.17, 15) is 0 Å². The summed E-state index contributed by atoms with van der Waals surface area (Å²) in [5.41, 5.74) is 7.24. The van der Waals surface area contributed by atoms with Crippen LogP contribution >= 0.6 is 11.6 Å². The van der Waals surface area contributed by atoms with E-state index < -0.39 is 0 Å². The fraction of sp³-hybridized carbons (Fsp3) is 0.455. The molecule has 0 spiro atoms. The van der Waals surface area contributed by atoms with Crippen LogP contribution in [0.2, 0.25) is 5.02 Å². The van der Waals surface area contributed by atoms with Crippen molar-refractivity contribution >= 4 is 17.3 Å². The van der Waals surface area contributed by atoms with Crippen molar-refractivity contribution < 1.29 is 10.2 Å². The van der Waals surface area contributed by atoms with Gasteiger partial charge in [-0.1, -0.05) is 11.6 Å². The van der Waals surface area contributed by atoms with E-state index in [0.717, 1.165) is 5.56 Å². The molecule has 0 aliphatic heterocycles. The fourth-order valence-electron chi connectivity index (χ4n) is 1.51. The van der Waals surface area contributed by atoms with Crippen LogP contribution in [0.1, 0.15) is 5.56 Å². The van der Waals surface area contributed by atoms with Gasteiger partial charge < -0.3 is 15.9 Å². The van der Waals surface area contributed by atoms with Gasteiger partial charge in [0.15, 0.2) is 0 Å². The lowest BCUT2D eigenvalue weighted by Gasteiger charge is -2.20. The Hall–Kier alpha value is -0.810. The lowest BCUT2D eigenvalue weighted by Crippen LogP contribution is -2.29. The lowest BCUT2D eigenvalue weighted by atomic mass is 10.2. The second-order valence-electron chi connectivity index (χ2n) is 3.57. The highest BCUT2D eigenvalue weighted by Crippen LogP contribution is 2.20. The Morgan fingerprint density at radius 2 is 1.81 bits per heavy atom. The number of nitrogens with zero attached hydrogens (tertiary/aromatic N) is 1. The number of anilines is 1. The molecule has 0 unspecified atom stereocenters. The van der Waals surface area contributed by atoms with Crippen LogP contribution in [0.3, 0.4) is 0 Å². The van der Waals surface area contributed by atoms with E-state index in [0.29, 0.717) is 30.3 Å². The topological polar surface area (TPSA) is 69.7 Å². The van der Waals surface area contributed by atoms with Crippen molar-refractivity contribution in [3.05, 3.63) is 28.8 Å². The number of benzene rings is 1. The molecule has 1 aromatic carbocycles. The molecule has 0 amide bonds. The number of nitrogen functional groups attached to an aromatic ring is 1. The maximum atomic E-state index is 8.88. The molecule has 0 aliphatic carbocycles. The summed E-state index contributed by atoms with van der Waals surface area (Å²) < 4.78 is 0. The highest BCUT2D eigenvalue weighted by Gasteiger charge is 2.08. The molecule has 0 radical (unpaired) electrons. The molecule has 0 saturated heterocycles. The second kappa shape index (κ2) is 6.70. The molecule has 16 heavy (non-hydrogen) atoms. The highest BCUT2D eigenvalue weighted by atomic mass is 35.5. The van der Waals surface area contributed by atoms with Crippen molar-refractivity contribution in [2.24, 2.45) is 0 Å². The zero-order valence-corrected chi connectivity index (χ0v) is 9.82. The summed E-state index contributed by atoms with van der Waals surface area (Å²) in [4.78, 5) is 1.92. The van der Waals surface area contributed by atoms with Crippen molar-refractivity contribution in [2.45, 2.75) is 6.54 Å². The number of rotatable bonds is 6. The van der Waals surface area contributed by atoms with E-state index >= 15 is 0 Å². The van der Waals surface area contributed by atoms with Gasteiger partial charge in [-0.15, -0.1) is 0 Å². The minimum atomic E-state index is 0.0555. The Labute approximate surface area is 100 Å². The standard InChI is InChI=1S/C11H17ClN2O2/c12-11-2-1-10(13)7-9(11)8-14(3-5-15)4-6-16/h1-2,7,15-16H,3-6,8,13H2. The number of hydrogen-bond acceptors (Lipinski definition) is 4. The van der Waals surface area contributed by atoms with E-state index in [2.05, 4.69) is 0 Å². The van der Waals surface area contributed by atoms with Crippen LogP contribution < -0.4 is 5.73 Å². The number of nitrogens with two attached hydrogens (primary N) is 1. The average molecular weight is 245 g/mol. The second-order valence-corrected chi connectivity index (χ2v) is 3.98. The SMILES string of the molecule is Nc1ccc(Cl)c(CN(CCO)CCO)c1. The Morgan fingerprint density at radius 1 is 1.19 bits per heavy atom. The first-order valence-corrected chi connectivity index (χ1v) is 5.53. The van der Waals surface area contributed by atoms with Gasteiger partial charge in [-0.3, -0.25) is 4.90 Å². The molecular formula is C11H17ClN2O2. The van der Waals surface area contributed by atoms with Gasteiger partial charge >= 0.3 is 0 Å². The highest BCUT2D eigenvalue weighted by molar-refractivity contribution is 6.31. The van der Waals surface area contributed by atoms with Gasteiger partial charge in [0.05, 0.1) is 13.2 Å². The number of hydrogen-bond donors (Lipinski definition) is 3. The molecule has 0 heterocycles. The van der Waals surface area contributed by atoms with E-state index in [1.165, 1.54) is 0 Å². The first kappa shape index (κ1) is 13.3. The van der Waals surface area contributed by atoms with Crippen molar-refractivity contribution in [1.29, 1.82) is 0 Å². The Morgan fingerprint density at radius 3 is 2.38 bits per heavy atom. The molecule has 4 nitrogen and oxygen atoms in total. The number of halogens is 1. The van der Waals surface area contributed by atoms with Crippen molar-refractivity contribution in [1.82, 2.24) is 4.90 Å². The zero-order valence-electron chi connectivity index (χ0n) is 9.06. The normalized spacial score (nSPS) is 11.0. The van der Waals surface area contributed by atoms with Crippen molar-refractivity contribution in [3.8, 4) is 0 Å². The molecule has 0 saturated carbocycles. The van der Waals surface area contributed by atoms with Gasteiger partial charge in [-0.25, -0.2) is 0 Å². The first-order valence-electron chi connectivity index (χ1n) is 5.15.